The third-order valence-electron chi connectivity index (χ3n) is 4.94. The predicted molar refractivity (Wildman–Crippen MR) is 139 cm³/mol. The minimum absolute atomic E-state index is 0.164. The molecule has 0 aliphatic heterocycles. The molecule has 0 saturated heterocycles. The molecule has 34 heavy (non-hydrogen) atoms. The third-order valence-corrected chi connectivity index (χ3v) is 5.87. The number of nitrogens with one attached hydrogen (secondary N) is 1. The van der Waals surface area contributed by atoms with E-state index in [1.807, 2.05) is 109 Å². The van der Waals surface area contributed by atoms with E-state index in [1.54, 1.807) is 6.21 Å². The van der Waals surface area contributed by atoms with Crippen LogP contribution in [0, 0.1) is 6.92 Å². The van der Waals surface area contributed by atoms with Crippen molar-refractivity contribution in [1.82, 2.24) is 20.2 Å². The Morgan fingerprint density at radius 2 is 1.65 bits per heavy atom. The van der Waals surface area contributed by atoms with Crippen LogP contribution in [-0.4, -0.2) is 32.6 Å². The van der Waals surface area contributed by atoms with E-state index in [0.29, 0.717) is 5.16 Å². The third kappa shape index (κ3) is 6.08. The van der Waals surface area contributed by atoms with Crippen molar-refractivity contribution in [3.05, 3.63) is 102 Å². The minimum Gasteiger partial charge on any atom is -0.272 e. The maximum Gasteiger partial charge on any atom is 0.250 e. The first-order valence-corrected chi connectivity index (χ1v) is 11.8. The Kier molecular flexibility index (Phi) is 7.67. The summed E-state index contributed by atoms with van der Waals surface area (Å²) >= 11 is 1.32. The highest BCUT2D eigenvalue weighted by Crippen LogP contribution is 2.28. The highest BCUT2D eigenvalue weighted by atomic mass is 32.2. The summed E-state index contributed by atoms with van der Waals surface area (Å²) in [5.41, 5.74) is 7.67. The van der Waals surface area contributed by atoms with Crippen LogP contribution in [-0.2, 0) is 4.79 Å². The zero-order valence-electron chi connectivity index (χ0n) is 19.1. The second kappa shape index (κ2) is 11.2. The molecule has 170 valence electrons. The molecule has 4 rings (SSSR count). The van der Waals surface area contributed by atoms with Crippen molar-refractivity contribution in [3.63, 3.8) is 0 Å². The number of aryl methyl sites for hydroxylation is 1. The molecule has 1 amide bonds. The molecule has 0 saturated carbocycles. The van der Waals surface area contributed by atoms with Crippen LogP contribution in [0.4, 0.5) is 0 Å². The van der Waals surface area contributed by atoms with Crippen molar-refractivity contribution < 1.29 is 4.79 Å². The zero-order valence-corrected chi connectivity index (χ0v) is 19.9. The molecule has 1 aromatic heterocycles. The molecule has 1 heterocycles. The fourth-order valence-corrected chi connectivity index (χ4v) is 4.03. The van der Waals surface area contributed by atoms with Crippen molar-refractivity contribution in [1.29, 1.82) is 0 Å². The Morgan fingerprint density at radius 3 is 2.35 bits per heavy atom. The van der Waals surface area contributed by atoms with Crippen LogP contribution in [0.15, 0.2) is 101 Å². The molecule has 3 aromatic carbocycles. The molecule has 0 aliphatic rings. The maximum absolute atomic E-state index is 12.4. The zero-order chi connectivity index (χ0) is 23.8. The predicted octanol–water partition coefficient (Wildman–Crippen LogP) is 5.54. The monoisotopic (exact) mass is 467 g/mol. The topological polar surface area (TPSA) is 72.2 Å². The Balaban J connectivity index is 1.45. The number of carbonyl (C=O) groups excluding carboxylic acids is 1. The van der Waals surface area contributed by atoms with E-state index in [2.05, 4.69) is 20.7 Å². The highest BCUT2D eigenvalue weighted by Gasteiger charge is 2.17. The fraction of sp³-hybridized carbons (Fsp3) is 0.111. The van der Waals surface area contributed by atoms with E-state index >= 15 is 0 Å². The van der Waals surface area contributed by atoms with Gasteiger partial charge in [-0.05, 0) is 37.1 Å². The van der Waals surface area contributed by atoms with Gasteiger partial charge < -0.3 is 0 Å². The first kappa shape index (κ1) is 23.2. The molecule has 0 aliphatic carbocycles. The molecule has 4 aromatic rings. The number of hydrogen-bond acceptors (Lipinski definition) is 5. The van der Waals surface area contributed by atoms with E-state index in [1.165, 1.54) is 17.3 Å². The molecule has 0 fully saturated rings. The van der Waals surface area contributed by atoms with Crippen molar-refractivity contribution in [2.75, 3.05) is 5.75 Å². The summed E-state index contributed by atoms with van der Waals surface area (Å²) in [6.45, 7) is 3.98. The first-order chi connectivity index (χ1) is 16.6. The summed E-state index contributed by atoms with van der Waals surface area (Å²) in [6.07, 6.45) is 3.64. The SMILES string of the molecule is CC(/C=N/NC(=O)CSc1nnc(-c2ccccc2)n1-c1ccc(C)cc1)=C\c1ccccc1. The Hall–Kier alpha value is -3.97. The normalized spacial score (nSPS) is 11.6. The fourth-order valence-electron chi connectivity index (χ4n) is 3.28. The van der Waals surface area contributed by atoms with Gasteiger partial charge >= 0.3 is 0 Å². The summed E-state index contributed by atoms with van der Waals surface area (Å²) in [6, 6.07) is 28.0. The van der Waals surface area contributed by atoms with Crippen molar-refractivity contribution in [2.24, 2.45) is 5.10 Å². The van der Waals surface area contributed by atoms with Crippen molar-refractivity contribution >= 4 is 30.0 Å². The lowest BCUT2D eigenvalue weighted by Gasteiger charge is -2.10. The van der Waals surface area contributed by atoms with E-state index in [9.17, 15) is 4.79 Å². The van der Waals surface area contributed by atoms with E-state index < -0.39 is 0 Å². The molecule has 7 heteroatoms. The average molecular weight is 468 g/mol. The summed E-state index contributed by atoms with van der Waals surface area (Å²) in [5.74, 6) is 0.679. The van der Waals surface area contributed by atoms with Gasteiger partial charge in [-0.25, -0.2) is 5.43 Å². The van der Waals surface area contributed by atoms with Crippen LogP contribution in [0.3, 0.4) is 0 Å². The second-order valence-electron chi connectivity index (χ2n) is 7.72. The standard InChI is InChI=1S/C27H25N5OS/c1-20-13-15-24(16-14-20)32-26(23-11-7-4-8-12-23)30-31-27(32)34-19-25(33)29-28-18-21(2)17-22-9-5-3-6-10-22/h3-18H,19H2,1-2H3,(H,29,33)/b21-17+,28-18+. The van der Waals surface area contributed by atoms with Crippen LogP contribution >= 0.6 is 11.8 Å². The van der Waals surface area contributed by atoms with Gasteiger partial charge in [-0.15, -0.1) is 10.2 Å². The van der Waals surface area contributed by atoms with Gasteiger partial charge in [0.1, 0.15) is 0 Å². The molecule has 0 spiro atoms. The van der Waals surface area contributed by atoms with Crippen LogP contribution in [0.2, 0.25) is 0 Å². The quantitative estimate of drug-likeness (QED) is 0.210. The van der Waals surface area contributed by atoms with Gasteiger partial charge in [-0.2, -0.15) is 5.10 Å². The number of rotatable bonds is 8. The lowest BCUT2D eigenvalue weighted by molar-refractivity contribution is -0.118. The van der Waals surface area contributed by atoms with Gasteiger partial charge in [0.15, 0.2) is 11.0 Å². The maximum atomic E-state index is 12.4. The molecule has 1 N–H and O–H groups in total. The average Bonchev–Trinajstić information content (AvgIpc) is 3.28. The van der Waals surface area contributed by atoms with Gasteiger partial charge in [0, 0.05) is 11.3 Å². The summed E-state index contributed by atoms with van der Waals surface area (Å²) in [5, 5.41) is 13.5. The van der Waals surface area contributed by atoms with Gasteiger partial charge in [0.2, 0.25) is 0 Å². The number of allylic oxidation sites excluding steroid dienone is 1. The Morgan fingerprint density at radius 1 is 0.971 bits per heavy atom. The summed E-state index contributed by atoms with van der Waals surface area (Å²) < 4.78 is 1.97. The Labute approximate surface area is 203 Å². The number of hydrogen-bond donors (Lipinski definition) is 1. The smallest absolute Gasteiger partial charge is 0.250 e. The lowest BCUT2D eigenvalue weighted by Crippen LogP contribution is -2.20. The van der Waals surface area contributed by atoms with Crippen molar-refractivity contribution in [3.8, 4) is 17.1 Å². The second-order valence-corrected chi connectivity index (χ2v) is 8.67. The van der Waals surface area contributed by atoms with Crippen molar-refractivity contribution in [2.45, 2.75) is 19.0 Å². The minimum atomic E-state index is -0.214. The molecule has 0 atom stereocenters. The summed E-state index contributed by atoms with van der Waals surface area (Å²) in [7, 11) is 0. The number of nitrogens with zero attached hydrogens (tertiary/aromatic N) is 4. The van der Waals surface area contributed by atoms with Gasteiger partial charge in [0.05, 0.1) is 12.0 Å². The van der Waals surface area contributed by atoms with Gasteiger partial charge in [-0.1, -0.05) is 96.2 Å². The molecular weight excluding hydrogens is 442 g/mol. The Bertz CT molecular complexity index is 1300. The highest BCUT2D eigenvalue weighted by molar-refractivity contribution is 7.99. The number of benzene rings is 3. The summed E-state index contributed by atoms with van der Waals surface area (Å²) in [4.78, 5) is 12.4. The van der Waals surface area contributed by atoms with Crippen LogP contribution in [0.1, 0.15) is 18.1 Å². The molecule has 0 unspecified atom stereocenters. The van der Waals surface area contributed by atoms with Crippen LogP contribution < -0.4 is 5.43 Å². The van der Waals surface area contributed by atoms with Gasteiger partial charge in [0.25, 0.3) is 5.91 Å². The van der Waals surface area contributed by atoms with Gasteiger partial charge in [-0.3, -0.25) is 9.36 Å². The largest absolute Gasteiger partial charge is 0.272 e. The van der Waals surface area contributed by atoms with Crippen LogP contribution in [0.25, 0.3) is 23.2 Å². The molecule has 6 nitrogen and oxygen atoms in total. The van der Waals surface area contributed by atoms with E-state index in [0.717, 1.165) is 28.2 Å². The first-order valence-electron chi connectivity index (χ1n) is 10.9. The van der Waals surface area contributed by atoms with E-state index in [4.69, 9.17) is 0 Å². The lowest BCUT2D eigenvalue weighted by atomic mass is 10.1. The molecular formula is C27H25N5OS. The number of carbonyl (C=O) groups is 1. The number of amides is 1. The number of aromatic nitrogens is 3. The molecule has 0 radical (unpaired) electrons. The molecule has 0 bridgehead atoms. The number of thioether (sulfide) groups is 1. The van der Waals surface area contributed by atoms with E-state index in [-0.39, 0.29) is 11.7 Å². The number of hydrazone groups is 1. The van der Waals surface area contributed by atoms with Crippen LogP contribution in [0.5, 0.6) is 0 Å².